The molecule has 0 aliphatic rings. The number of H-pyrrole nitrogens is 1. The second kappa shape index (κ2) is 5.37. The van der Waals surface area contributed by atoms with Gasteiger partial charge in [-0.3, -0.25) is 5.10 Å². The van der Waals surface area contributed by atoms with Crippen LogP contribution < -0.4 is 9.46 Å². The minimum Gasteiger partial charge on any atom is -0.481 e. The highest BCUT2D eigenvalue weighted by Gasteiger charge is 2.18. The van der Waals surface area contributed by atoms with Gasteiger partial charge in [0.05, 0.1) is 19.0 Å². The Hall–Kier alpha value is -1.93. The minimum absolute atomic E-state index is 0.101. The van der Waals surface area contributed by atoms with Gasteiger partial charge in [0.2, 0.25) is 15.9 Å². The van der Waals surface area contributed by atoms with Crippen LogP contribution in [0.2, 0.25) is 0 Å². The Bertz CT molecular complexity index is 666. The van der Waals surface area contributed by atoms with E-state index in [2.05, 4.69) is 19.9 Å². The molecule has 102 valence electrons. The van der Waals surface area contributed by atoms with E-state index >= 15 is 0 Å². The first kappa shape index (κ1) is 13.5. The molecular formula is C11H14N4O3S. The van der Waals surface area contributed by atoms with Crippen LogP contribution in [0.3, 0.4) is 0 Å². The van der Waals surface area contributed by atoms with Crippen molar-refractivity contribution in [2.75, 3.05) is 7.11 Å². The van der Waals surface area contributed by atoms with Crippen molar-refractivity contribution in [1.82, 2.24) is 19.9 Å². The maximum Gasteiger partial charge on any atom is 0.244 e. The lowest BCUT2D eigenvalue weighted by molar-refractivity contribution is 0.392. The molecule has 2 aromatic rings. The highest BCUT2D eigenvalue weighted by Crippen LogP contribution is 2.15. The summed E-state index contributed by atoms with van der Waals surface area (Å²) in [5, 5.41) is 6.28. The molecule has 0 aliphatic carbocycles. The predicted octanol–water partition coefficient (Wildman–Crippen LogP) is 0.600. The van der Waals surface area contributed by atoms with Gasteiger partial charge in [-0.2, -0.15) is 5.10 Å². The lowest BCUT2D eigenvalue weighted by atomic mass is 10.3. The summed E-state index contributed by atoms with van der Waals surface area (Å²) in [4.78, 5) is 4.14. The number of sulfonamides is 1. The molecule has 0 saturated heterocycles. The van der Waals surface area contributed by atoms with Crippen molar-refractivity contribution in [2.45, 2.75) is 18.4 Å². The van der Waals surface area contributed by atoms with Crippen molar-refractivity contribution in [1.29, 1.82) is 0 Å². The monoisotopic (exact) mass is 282 g/mol. The van der Waals surface area contributed by atoms with E-state index in [-0.39, 0.29) is 11.4 Å². The first-order valence-electron chi connectivity index (χ1n) is 5.52. The van der Waals surface area contributed by atoms with Crippen LogP contribution in [0.4, 0.5) is 0 Å². The van der Waals surface area contributed by atoms with Crippen molar-refractivity contribution in [2.24, 2.45) is 0 Å². The molecule has 0 spiro atoms. The van der Waals surface area contributed by atoms with Crippen molar-refractivity contribution in [3.8, 4) is 5.88 Å². The van der Waals surface area contributed by atoms with Crippen molar-refractivity contribution < 1.29 is 13.2 Å². The van der Waals surface area contributed by atoms with E-state index in [9.17, 15) is 8.42 Å². The summed E-state index contributed by atoms with van der Waals surface area (Å²) in [6, 6.07) is 3.46. The Kier molecular flexibility index (Phi) is 3.82. The predicted molar refractivity (Wildman–Crippen MR) is 68.1 cm³/mol. The molecule has 0 aromatic carbocycles. The SMILES string of the molecule is COc1ncccc1CNS(=O)(=O)c1cn[nH]c1C. The molecule has 0 aliphatic heterocycles. The Morgan fingerprint density at radius 1 is 1.47 bits per heavy atom. The van der Waals surface area contributed by atoms with Gasteiger partial charge >= 0.3 is 0 Å². The number of nitrogens with one attached hydrogen (secondary N) is 2. The topological polar surface area (TPSA) is 97.0 Å². The Morgan fingerprint density at radius 3 is 2.89 bits per heavy atom. The summed E-state index contributed by atoms with van der Waals surface area (Å²) < 4.78 is 31.7. The number of aryl methyl sites for hydroxylation is 1. The summed E-state index contributed by atoms with van der Waals surface area (Å²) in [5.41, 5.74) is 1.15. The number of hydrogen-bond acceptors (Lipinski definition) is 5. The molecule has 2 rings (SSSR count). The van der Waals surface area contributed by atoms with Crippen LogP contribution in [0, 0.1) is 6.92 Å². The Morgan fingerprint density at radius 2 is 2.26 bits per heavy atom. The van der Waals surface area contributed by atoms with Gasteiger partial charge in [0.15, 0.2) is 0 Å². The van der Waals surface area contributed by atoms with E-state index in [4.69, 9.17) is 4.74 Å². The molecule has 7 nitrogen and oxygen atoms in total. The van der Waals surface area contributed by atoms with Crippen molar-refractivity contribution in [3.63, 3.8) is 0 Å². The summed E-state index contributed by atoms with van der Waals surface area (Å²) in [6.45, 7) is 1.75. The van der Waals surface area contributed by atoms with E-state index < -0.39 is 10.0 Å². The standard InChI is InChI=1S/C11H14N4O3S/c1-8-10(7-13-15-8)19(16,17)14-6-9-4-3-5-12-11(9)18-2/h3-5,7,14H,6H2,1-2H3,(H,13,15). The van der Waals surface area contributed by atoms with E-state index in [0.29, 0.717) is 17.1 Å². The number of aromatic nitrogens is 3. The quantitative estimate of drug-likeness (QED) is 0.837. The smallest absolute Gasteiger partial charge is 0.244 e. The molecule has 0 atom stereocenters. The van der Waals surface area contributed by atoms with Gasteiger partial charge in [-0.05, 0) is 13.0 Å². The highest BCUT2D eigenvalue weighted by molar-refractivity contribution is 7.89. The Balaban J connectivity index is 2.17. The zero-order valence-electron chi connectivity index (χ0n) is 10.5. The second-order valence-electron chi connectivity index (χ2n) is 3.86. The minimum atomic E-state index is -3.60. The molecule has 0 amide bonds. The summed E-state index contributed by atoms with van der Waals surface area (Å²) in [7, 11) is -2.11. The van der Waals surface area contributed by atoms with Crippen molar-refractivity contribution >= 4 is 10.0 Å². The third kappa shape index (κ3) is 2.91. The normalized spacial score (nSPS) is 11.5. The maximum absolute atomic E-state index is 12.1. The summed E-state index contributed by atoms with van der Waals surface area (Å²) in [6.07, 6.45) is 2.86. The van der Waals surface area contributed by atoms with Gasteiger partial charge in [0, 0.05) is 18.3 Å². The number of rotatable bonds is 5. The van der Waals surface area contributed by atoms with E-state index in [1.807, 2.05) is 0 Å². The number of nitrogens with zero attached hydrogens (tertiary/aromatic N) is 2. The third-order valence-corrected chi connectivity index (χ3v) is 4.08. The van der Waals surface area contributed by atoms with Crippen LogP contribution >= 0.6 is 0 Å². The number of aromatic amines is 1. The molecule has 19 heavy (non-hydrogen) atoms. The summed E-state index contributed by atoms with van der Waals surface area (Å²) >= 11 is 0. The molecular weight excluding hydrogens is 268 g/mol. The number of ether oxygens (including phenoxy) is 1. The summed E-state index contributed by atoms with van der Waals surface area (Å²) in [5.74, 6) is 0.397. The molecule has 0 fully saturated rings. The molecule has 0 saturated carbocycles. The van der Waals surface area contributed by atoms with Gasteiger partial charge in [-0.25, -0.2) is 18.1 Å². The Labute approximate surface area is 111 Å². The van der Waals surface area contributed by atoms with Gasteiger partial charge < -0.3 is 4.74 Å². The number of hydrogen-bond donors (Lipinski definition) is 2. The first-order valence-corrected chi connectivity index (χ1v) is 7.00. The average Bonchev–Trinajstić information content (AvgIpc) is 2.84. The fraction of sp³-hybridized carbons (Fsp3) is 0.273. The molecule has 0 bridgehead atoms. The molecule has 2 N–H and O–H groups in total. The molecule has 2 heterocycles. The van der Waals surface area contributed by atoms with E-state index in [1.54, 1.807) is 25.3 Å². The lowest BCUT2D eigenvalue weighted by Gasteiger charge is -2.08. The van der Waals surface area contributed by atoms with Crippen LogP contribution in [0.1, 0.15) is 11.3 Å². The van der Waals surface area contributed by atoms with Crippen molar-refractivity contribution in [3.05, 3.63) is 35.8 Å². The van der Waals surface area contributed by atoms with Crippen LogP contribution in [0.5, 0.6) is 5.88 Å². The molecule has 2 aromatic heterocycles. The van der Waals surface area contributed by atoms with Gasteiger partial charge in [-0.1, -0.05) is 6.07 Å². The van der Waals surface area contributed by atoms with E-state index in [1.165, 1.54) is 13.3 Å². The maximum atomic E-state index is 12.1. The zero-order chi connectivity index (χ0) is 13.9. The number of methoxy groups -OCH3 is 1. The first-order chi connectivity index (χ1) is 9.04. The fourth-order valence-corrected chi connectivity index (χ4v) is 2.74. The van der Waals surface area contributed by atoms with Crippen LogP contribution in [-0.2, 0) is 16.6 Å². The molecule has 0 unspecified atom stereocenters. The third-order valence-electron chi connectivity index (χ3n) is 2.57. The fourth-order valence-electron chi connectivity index (χ4n) is 1.60. The zero-order valence-corrected chi connectivity index (χ0v) is 11.4. The number of pyridine rings is 1. The van der Waals surface area contributed by atoms with Crippen LogP contribution in [0.15, 0.2) is 29.4 Å². The average molecular weight is 282 g/mol. The van der Waals surface area contributed by atoms with Gasteiger partial charge in [0.1, 0.15) is 4.90 Å². The molecule has 0 radical (unpaired) electrons. The second-order valence-corrected chi connectivity index (χ2v) is 5.59. The van der Waals surface area contributed by atoms with Crippen LogP contribution in [-0.4, -0.2) is 30.7 Å². The van der Waals surface area contributed by atoms with Gasteiger partial charge in [-0.15, -0.1) is 0 Å². The largest absolute Gasteiger partial charge is 0.481 e. The van der Waals surface area contributed by atoms with Crippen LogP contribution in [0.25, 0.3) is 0 Å². The lowest BCUT2D eigenvalue weighted by Crippen LogP contribution is -2.23. The molecule has 8 heteroatoms. The van der Waals surface area contributed by atoms with Gasteiger partial charge in [0.25, 0.3) is 0 Å². The highest BCUT2D eigenvalue weighted by atomic mass is 32.2. The van der Waals surface area contributed by atoms with E-state index in [0.717, 1.165) is 0 Å².